The van der Waals surface area contributed by atoms with Crippen LogP contribution in [0.5, 0.6) is 0 Å². The number of ether oxygens (including phenoxy) is 2. The maximum atomic E-state index is 11.5. The van der Waals surface area contributed by atoms with E-state index < -0.39 is 11.7 Å². The van der Waals surface area contributed by atoms with Crippen molar-refractivity contribution in [3.05, 3.63) is 47.5 Å². The fourth-order valence-corrected chi connectivity index (χ4v) is 3.69. The summed E-state index contributed by atoms with van der Waals surface area (Å²) in [4.78, 5) is 22.9. The zero-order chi connectivity index (χ0) is 22.1. The van der Waals surface area contributed by atoms with Gasteiger partial charge >= 0.3 is 11.9 Å². The van der Waals surface area contributed by atoms with Crippen molar-refractivity contribution in [3.8, 4) is 0 Å². The smallest absolute Gasteiger partial charge is 0.306 e. The van der Waals surface area contributed by atoms with E-state index in [2.05, 4.69) is 6.08 Å². The van der Waals surface area contributed by atoms with Gasteiger partial charge in [-0.3, -0.25) is 9.59 Å². The fraction of sp³-hybridized carbons (Fsp3) is 0.583. The minimum Gasteiger partial charge on any atom is -0.472 e. The number of allylic oxidation sites excluding steroid dienone is 2. The van der Waals surface area contributed by atoms with Crippen LogP contribution in [0.4, 0.5) is 0 Å². The van der Waals surface area contributed by atoms with E-state index in [9.17, 15) is 14.7 Å². The van der Waals surface area contributed by atoms with Crippen LogP contribution in [0.2, 0.25) is 0 Å². The maximum Gasteiger partial charge on any atom is 0.306 e. The highest BCUT2D eigenvalue weighted by Crippen LogP contribution is 2.32. The van der Waals surface area contributed by atoms with Crippen LogP contribution < -0.4 is 0 Å². The molecule has 0 aliphatic carbocycles. The lowest BCUT2D eigenvalue weighted by molar-refractivity contribution is -0.156. The minimum absolute atomic E-state index is 0.256. The molecule has 1 N–H and O–H groups in total. The van der Waals surface area contributed by atoms with Crippen LogP contribution in [0.3, 0.4) is 0 Å². The fourth-order valence-electron chi connectivity index (χ4n) is 3.69. The molecular formula is C24H34O6. The Morgan fingerprint density at radius 3 is 2.70 bits per heavy atom. The van der Waals surface area contributed by atoms with E-state index in [0.29, 0.717) is 32.1 Å². The summed E-state index contributed by atoms with van der Waals surface area (Å²) in [5.41, 5.74) is 2.53. The molecule has 0 aromatic carbocycles. The van der Waals surface area contributed by atoms with Crippen molar-refractivity contribution in [1.82, 2.24) is 0 Å². The molecule has 0 unspecified atom stereocenters. The average Bonchev–Trinajstić information content (AvgIpc) is 3.29. The summed E-state index contributed by atoms with van der Waals surface area (Å²) in [7, 11) is 0. The lowest BCUT2D eigenvalue weighted by atomic mass is 9.91. The molecule has 30 heavy (non-hydrogen) atoms. The molecule has 1 saturated heterocycles. The number of esters is 2. The van der Waals surface area contributed by atoms with Gasteiger partial charge in [0.2, 0.25) is 0 Å². The van der Waals surface area contributed by atoms with Gasteiger partial charge in [0.15, 0.2) is 0 Å². The maximum absolute atomic E-state index is 11.5. The van der Waals surface area contributed by atoms with Crippen molar-refractivity contribution in [2.45, 2.75) is 90.4 Å². The Bertz CT molecular complexity index is 761. The molecule has 0 bridgehead atoms. The average molecular weight is 419 g/mol. The molecule has 1 aromatic rings. The zero-order valence-corrected chi connectivity index (χ0v) is 18.5. The van der Waals surface area contributed by atoms with Crippen molar-refractivity contribution in [2.24, 2.45) is 0 Å². The van der Waals surface area contributed by atoms with Gasteiger partial charge in [-0.25, -0.2) is 0 Å². The number of hydrogen-bond donors (Lipinski definition) is 1. The van der Waals surface area contributed by atoms with Crippen LogP contribution in [0.25, 0.3) is 0 Å². The molecule has 3 atom stereocenters. The molecule has 2 rings (SSSR count). The molecule has 0 saturated carbocycles. The van der Waals surface area contributed by atoms with Crippen LogP contribution in [0.15, 0.2) is 46.3 Å². The van der Waals surface area contributed by atoms with E-state index in [1.54, 1.807) is 19.5 Å². The van der Waals surface area contributed by atoms with Gasteiger partial charge in [-0.1, -0.05) is 17.2 Å². The number of carbonyl (C=O) groups is 2. The lowest BCUT2D eigenvalue weighted by Gasteiger charge is -2.28. The van der Waals surface area contributed by atoms with Crippen LogP contribution in [-0.4, -0.2) is 34.9 Å². The summed E-state index contributed by atoms with van der Waals surface area (Å²) in [6.45, 7) is 7.19. The monoisotopic (exact) mass is 418 g/mol. The molecule has 1 aromatic heterocycles. The summed E-state index contributed by atoms with van der Waals surface area (Å²) < 4.78 is 15.9. The molecule has 2 heterocycles. The Labute approximate surface area is 178 Å². The predicted octanol–water partition coefficient (Wildman–Crippen LogP) is 4.66. The zero-order valence-electron chi connectivity index (χ0n) is 18.5. The first kappa shape index (κ1) is 23.9. The molecule has 6 nitrogen and oxygen atoms in total. The highest BCUT2D eigenvalue weighted by atomic mass is 16.6. The third kappa shape index (κ3) is 7.82. The predicted molar refractivity (Wildman–Crippen MR) is 114 cm³/mol. The third-order valence-corrected chi connectivity index (χ3v) is 5.51. The van der Waals surface area contributed by atoms with Crippen molar-refractivity contribution < 1.29 is 28.6 Å². The number of rotatable bonds is 11. The second-order valence-electron chi connectivity index (χ2n) is 8.43. The van der Waals surface area contributed by atoms with E-state index in [-0.39, 0.29) is 18.0 Å². The van der Waals surface area contributed by atoms with Crippen molar-refractivity contribution in [3.63, 3.8) is 0 Å². The highest BCUT2D eigenvalue weighted by molar-refractivity contribution is 5.72. The number of aryl methyl sites for hydroxylation is 1. The van der Waals surface area contributed by atoms with Crippen LogP contribution >= 0.6 is 0 Å². The van der Waals surface area contributed by atoms with E-state index in [1.165, 1.54) is 6.92 Å². The van der Waals surface area contributed by atoms with Gasteiger partial charge in [-0.15, -0.1) is 0 Å². The second kappa shape index (κ2) is 11.2. The van der Waals surface area contributed by atoms with Gasteiger partial charge < -0.3 is 19.0 Å². The first-order valence-electron chi connectivity index (χ1n) is 10.6. The lowest BCUT2D eigenvalue weighted by Crippen LogP contribution is -2.39. The number of carbonyl (C=O) groups excluding carboxylic acids is 2. The SMILES string of the molecule is CC(=O)O[C@H](C=C(C)CC[C@@H](O)[C@]1(C)CCC(=O)O1)C/C(C)=C/CCc1ccoc1. The second-order valence-corrected chi connectivity index (χ2v) is 8.43. The standard InChI is InChI=1S/C24H34O6/c1-17(6-5-7-20-11-13-28-16-20)14-21(29-19(3)25)15-18(2)8-9-22(26)24(4)12-10-23(27)30-24/h6,11,13,15-16,21-22,26H,5,7-10,12,14H2,1-4H3/b17-6+,18-15?/t21-,22+,24-/m0/s1. The van der Waals surface area contributed by atoms with Crippen molar-refractivity contribution >= 4 is 11.9 Å². The molecule has 166 valence electrons. The number of cyclic esters (lactones) is 1. The Kier molecular flexibility index (Phi) is 8.90. The molecular weight excluding hydrogens is 384 g/mol. The Morgan fingerprint density at radius 2 is 2.10 bits per heavy atom. The first-order chi connectivity index (χ1) is 14.2. The molecule has 1 aliphatic rings. The number of aliphatic hydroxyl groups excluding tert-OH is 1. The summed E-state index contributed by atoms with van der Waals surface area (Å²) in [6, 6.07) is 1.96. The van der Waals surface area contributed by atoms with Crippen LogP contribution in [-0.2, 0) is 25.5 Å². The molecule has 0 radical (unpaired) electrons. The molecule has 1 aliphatic heterocycles. The molecule has 1 fully saturated rings. The summed E-state index contributed by atoms with van der Waals surface area (Å²) in [5.74, 6) is -0.575. The molecule has 0 spiro atoms. The molecule has 6 heteroatoms. The number of aliphatic hydroxyl groups is 1. The van der Waals surface area contributed by atoms with E-state index in [4.69, 9.17) is 13.9 Å². The first-order valence-corrected chi connectivity index (χ1v) is 10.6. The van der Waals surface area contributed by atoms with Gasteiger partial charge in [0.1, 0.15) is 11.7 Å². The topological polar surface area (TPSA) is 86.0 Å². The Balaban J connectivity index is 1.88. The van der Waals surface area contributed by atoms with Crippen LogP contribution in [0, 0.1) is 0 Å². The van der Waals surface area contributed by atoms with Gasteiger partial charge in [-0.05, 0) is 70.6 Å². The highest BCUT2D eigenvalue weighted by Gasteiger charge is 2.41. The van der Waals surface area contributed by atoms with Gasteiger partial charge in [0.05, 0.1) is 18.6 Å². The van der Waals surface area contributed by atoms with Gasteiger partial charge in [-0.2, -0.15) is 0 Å². The quantitative estimate of drug-likeness (QED) is 0.415. The van der Waals surface area contributed by atoms with Crippen molar-refractivity contribution in [2.75, 3.05) is 0 Å². The number of furan rings is 1. The summed E-state index contributed by atoms with van der Waals surface area (Å²) in [5, 5.41) is 10.5. The third-order valence-electron chi connectivity index (χ3n) is 5.51. The molecule has 0 amide bonds. The van der Waals surface area contributed by atoms with E-state index in [0.717, 1.165) is 29.6 Å². The van der Waals surface area contributed by atoms with Crippen molar-refractivity contribution in [1.29, 1.82) is 0 Å². The minimum atomic E-state index is -0.805. The van der Waals surface area contributed by atoms with Gasteiger partial charge in [0, 0.05) is 19.8 Å². The normalized spacial score (nSPS) is 22.0. The largest absolute Gasteiger partial charge is 0.472 e. The van der Waals surface area contributed by atoms with E-state index in [1.807, 2.05) is 26.0 Å². The summed E-state index contributed by atoms with van der Waals surface area (Å²) >= 11 is 0. The van der Waals surface area contributed by atoms with Gasteiger partial charge in [0.25, 0.3) is 0 Å². The summed E-state index contributed by atoms with van der Waals surface area (Å²) in [6.07, 6.45) is 10.9. The van der Waals surface area contributed by atoms with Crippen LogP contribution in [0.1, 0.15) is 71.8 Å². The number of hydrogen-bond acceptors (Lipinski definition) is 6. The Morgan fingerprint density at radius 1 is 1.33 bits per heavy atom. The van der Waals surface area contributed by atoms with E-state index >= 15 is 0 Å². The Hall–Kier alpha value is -2.34.